The predicted molar refractivity (Wildman–Crippen MR) is 66.2 cm³/mol. The molecule has 1 fully saturated rings. The highest BCUT2D eigenvalue weighted by atomic mass is 35.5. The Morgan fingerprint density at radius 2 is 2.44 bits per heavy atom. The van der Waals surface area contributed by atoms with Crippen LogP contribution in [0.25, 0.3) is 0 Å². The molecule has 0 amide bonds. The van der Waals surface area contributed by atoms with Gasteiger partial charge in [-0.25, -0.2) is 9.97 Å². The Hall–Kier alpha value is -0.520. The first-order valence-corrected chi connectivity index (χ1v) is 6.77. The van der Waals surface area contributed by atoms with E-state index in [0.29, 0.717) is 16.2 Å². The SMILES string of the molecule is CSc1nc(Cl)cc(N2CCC(CO)C2)n1. The van der Waals surface area contributed by atoms with Crippen LogP contribution >= 0.6 is 23.4 Å². The molecular weight excluding hydrogens is 246 g/mol. The van der Waals surface area contributed by atoms with Crippen LogP contribution in [-0.4, -0.2) is 41.0 Å². The van der Waals surface area contributed by atoms with E-state index < -0.39 is 0 Å². The van der Waals surface area contributed by atoms with Gasteiger partial charge in [-0.3, -0.25) is 0 Å². The van der Waals surface area contributed by atoms with Gasteiger partial charge in [-0.1, -0.05) is 23.4 Å². The molecule has 1 aliphatic heterocycles. The van der Waals surface area contributed by atoms with Crippen LogP contribution in [0.2, 0.25) is 5.15 Å². The van der Waals surface area contributed by atoms with Crippen LogP contribution in [0.15, 0.2) is 11.2 Å². The van der Waals surface area contributed by atoms with Gasteiger partial charge in [0.25, 0.3) is 0 Å². The maximum absolute atomic E-state index is 9.10. The fourth-order valence-electron chi connectivity index (χ4n) is 1.83. The molecule has 1 aromatic heterocycles. The molecule has 0 saturated carbocycles. The number of aliphatic hydroxyl groups excluding tert-OH is 1. The number of hydrogen-bond acceptors (Lipinski definition) is 5. The summed E-state index contributed by atoms with van der Waals surface area (Å²) in [5.41, 5.74) is 0. The number of nitrogens with zero attached hydrogens (tertiary/aromatic N) is 3. The van der Waals surface area contributed by atoms with Crippen LogP contribution in [0.1, 0.15) is 6.42 Å². The molecule has 1 atom stereocenters. The van der Waals surface area contributed by atoms with Crippen molar-refractivity contribution in [1.82, 2.24) is 9.97 Å². The Kier molecular flexibility index (Phi) is 3.89. The lowest BCUT2D eigenvalue weighted by atomic mass is 10.1. The van der Waals surface area contributed by atoms with E-state index in [1.54, 1.807) is 6.07 Å². The van der Waals surface area contributed by atoms with Crippen LogP contribution in [0.3, 0.4) is 0 Å². The summed E-state index contributed by atoms with van der Waals surface area (Å²) in [7, 11) is 0. The Morgan fingerprint density at radius 3 is 3.06 bits per heavy atom. The third kappa shape index (κ3) is 2.59. The smallest absolute Gasteiger partial charge is 0.190 e. The van der Waals surface area contributed by atoms with Crippen molar-refractivity contribution in [3.63, 3.8) is 0 Å². The lowest BCUT2D eigenvalue weighted by Crippen LogP contribution is -2.22. The Labute approximate surface area is 104 Å². The van der Waals surface area contributed by atoms with Crippen molar-refractivity contribution in [2.45, 2.75) is 11.6 Å². The molecule has 16 heavy (non-hydrogen) atoms. The number of thioether (sulfide) groups is 1. The summed E-state index contributed by atoms with van der Waals surface area (Å²) in [5.74, 6) is 1.21. The van der Waals surface area contributed by atoms with Crippen LogP contribution < -0.4 is 4.90 Å². The van der Waals surface area contributed by atoms with Crippen molar-refractivity contribution in [3.8, 4) is 0 Å². The third-order valence-corrected chi connectivity index (χ3v) is 3.45. The first-order chi connectivity index (χ1) is 7.72. The van der Waals surface area contributed by atoms with Crippen LogP contribution in [0, 0.1) is 5.92 Å². The molecule has 1 aromatic rings. The molecule has 0 bridgehead atoms. The summed E-state index contributed by atoms with van der Waals surface area (Å²) in [5, 5.41) is 10.3. The molecule has 0 radical (unpaired) electrons. The fourth-order valence-corrected chi connectivity index (χ4v) is 2.43. The lowest BCUT2D eigenvalue weighted by molar-refractivity contribution is 0.238. The molecule has 0 aliphatic carbocycles. The summed E-state index contributed by atoms with van der Waals surface area (Å²) in [6.45, 7) is 2.01. The second kappa shape index (κ2) is 5.21. The highest BCUT2D eigenvalue weighted by molar-refractivity contribution is 7.98. The second-order valence-electron chi connectivity index (χ2n) is 3.82. The van der Waals surface area contributed by atoms with E-state index in [1.165, 1.54) is 11.8 Å². The van der Waals surface area contributed by atoms with E-state index in [0.717, 1.165) is 25.3 Å². The van der Waals surface area contributed by atoms with Crippen LogP contribution in [-0.2, 0) is 0 Å². The quantitative estimate of drug-likeness (QED) is 0.508. The Balaban J connectivity index is 2.17. The summed E-state index contributed by atoms with van der Waals surface area (Å²) >= 11 is 7.42. The summed E-state index contributed by atoms with van der Waals surface area (Å²) in [6, 6.07) is 1.78. The molecule has 1 unspecified atom stereocenters. The zero-order chi connectivity index (χ0) is 11.5. The first-order valence-electron chi connectivity index (χ1n) is 5.17. The highest BCUT2D eigenvalue weighted by Gasteiger charge is 2.23. The number of anilines is 1. The number of hydrogen-bond donors (Lipinski definition) is 1. The van der Waals surface area contributed by atoms with Gasteiger partial charge >= 0.3 is 0 Å². The molecule has 1 N–H and O–H groups in total. The molecule has 1 saturated heterocycles. The molecular formula is C10H14ClN3OS. The van der Waals surface area contributed by atoms with Gasteiger partial charge in [-0.05, 0) is 12.7 Å². The summed E-state index contributed by atoms with van der Waals surface area (Å²) in [6.07, 6.45) is 2.93. The van der Waals surface area contributed by atoms with Gasteiger partial charge in [0.15, 0.2) is 5.16 Å². The molecule has 4 nitrogen and oxygen atoms in total. The van der Waals surface area contributed by atoms with Crippen molar-refractivity contribution >= 4 is 29.2 Å². The molecule has 0 aromatic carbocycles. The number of halogens is 1. The average molecular weight is 260 g/mol. The zero-order valence-electron chi connectivity index (χ0n) is 9.06. The van der Waals surface area contributed by atoms with Gasteiger partial charge in [-0.2, -0.15) is 0 Å². The van der Waals surface area contributed by atoms with E-state index in [-0.39, 0.29) is 6.61 Å². The number of aromatic nitrogens is 2. The molecule has 2 heterocycles. The van der Waals surface area contributed by atoms with Crippen LogP contribution in [0.4, 0.5) is 5.82 Å². The zero-order valence-corrected chi connectivity index (χ0v) is 10.6. The van der Waals surface area contributed by atoms with E-state index in [2.05, 4.69) is 14.9 Å². The molecule has 1 aliphatic rings. The summed E-state index contributed by atoms with van der Waals surface area (Å²) < 4.78 is 0. The van der Waals surface area contributed by atoms with Crippen molar-refractivity contribution < 1.29 is 5.11 Å². The Bertz CT molecular complexity index is 377. The maximum Gasteiger partial charge on any atom is 0.190 e. The molecule has 2 rings (SSSR count). The minimum absolute atomic E-state index is 0.241. The molecule has 6 heteroatoms. The van der Waals surface area contributed by atoms with Gasteiger partial charge in [0.1, 0.15) is 11.0 Å². The normalized spacial score (nSPS) is 20.4. The minimum Gasteiger partial charge on any atom is -0.396 e. The van der Waals surface area contributed by atoms with Gasteiger partial charge in [0.2, 0.25) is 0 Å². The molecule has 0 spiro atoms. The standard InChI is InChI=1S/C10H14ClN3OS/c1-16-10-12-8(11)4-9(13-10)14-3-2-7(5-14)6-15/h4,7,15H,2-3,5-6H2,1H3. The fraction of sp³-hybridized carbons (Fsp3) is 0.600. The van der Waals surface area contributed by atoms with E-state index in [1.807, 2.05) is 6.26 Å². The molecule has 88 valence electrons. The van der Waals surface area contributed by atoms with Gasteiger partial charge in [-0.15, -0.1) is 0 Å². The van der Waals surface area contributed by atoms with E-state index in [4.69, 9.17) is 16.7 Å². The summed E-state index contributed by atoms with van der Waals surface area (Å²) in [4.78, 5) is 10.7. The lowest BCUT2D eigenvalue weighted by Gasteiger charge is -2.17. The van der Waals surface area contributed by atoms with E-state index in [9.17, 15) is 0 Å². The van der Waals surface area contributed by atoms with E-state index >= 15 is 0 Å². The number of aliphatic hydroxyl groups is 1. The third-order valence-electron chi connectivity index (χ3n) is 2.71. The number of rotatable bonds is 3. The van der Waals surface area contributed by atoms with Crippen molar-refractivity contribution in [1.29, 1.82) is 0 Å². The Morgan fingerprint density at radius 1 is 1.62 bits per heavy atom. The average Bonchev–Trinajstić information content (AvgIpc) is 2.76. The second-order valence-corrected chi connectivity index (χ2v) is 4.98. The van der Waals surface area contributed by atoms with Crippen LogP contribution in [0.5, 0.6) is 0 Å². The van der Waals surface area contributed by atoms with Crippen molar-refractivity contribution in [2.75, 3.05) is 30.9 Å². The largest absolute Gasteiger partial charge is 0.396 e. The van der Waals surface area contributed by atoms with Gasteiger partial charge in [0.05, 0.1) is 0 Å². The van der Waals surface area contributed by atoms with Crippen molar-refractivity contribution in [3.05, 3.63) is 11.2 Å². The predicted octanol–water partition coefficient (Wildman–Crippen LogP) is 1.67. The maximum atomic E-state index is 9.10. The first kappa shape index (κ1) is 12.0. The van der Waals surface area contributed by atoms with Gasteiger partial charge < -0.3 is 10.0 Å². The topological polar surface area (TPSA) is 49.2 Å². The highest BCUT2D eigenvalue weighted by Crippen LogP contribution is 2.25. The van der Waals surface area contributed by atoms with Crippen molar-refractivity contribution in [2.24, 2.45) is 5.92 Å². The van der Waals surface area contributed by atoms with Gasteiger partial charge in [0, 0.05) is 31.7 Å². The monoisotopic (exact) mass is 259 g/mol. The minimum atomic E-state index is 0.241.